The molecule has 1 aromatic carbocycles. The zero-order chi connectivity index (χ0) is 11.7. The second kappa shape index (κ2) is 4.21. The van der Waals surface area contributed by atoms with Crippen LogP contribution in [-0.4, -0.2) is 18.9 Å². The summed E-state index contributed by atoms with van der Waals surface area (Å²) in [5.41, 5.74) is 0.685. The number of amides is 1. The minimum atomic E-state index is -0.518. The van der Waals surface area contributed by atoms with Crippen molar-refractivity contribution in [1.82, 2.24) is 10.6 Å². The molecule has 1 saturated heterocycles. The van der Waals surface area contributed by atoms with E-state index in [1.807, 2.05) is 0 Å². The quantitative estimate of drug-likeness (QED) is 0.818. The van der Waals surface area contributed by atoms with Crippen molar-refractivity contribution in [3.05, 3.63) is 34.1 Å². The summed E-state index contributed by atoms with van der Waals surface area (Å²) in [7, 11) is 1.57. The fraction of sp³-hybridized carbons (Fsp3) is 0.200. The van der Waals surface area contributed by atoms with Crippen LogP contribution in [0.15, 0.2) is 27.7 Å². The molecule has 0 saturated carbocycles. The third-order valence-electron chi connectivity index (χ3n) is 2.29. The van der Waals surface area contributed by atoms with E-state index in [2.05, 4.69) is 31.6 Å². The number of aliphatic imine (C=N–C) groups is 1. The van der Waals surface area contributed by atoms with E-state index in [0.29, 0.717) is 16.0 Å². The number of hydrogen-bond acceptors (Lipinski definition) is 2. The molecule has 1 aromatic rings. The Morgan fingerprint density at radius 3 is 2.81 bits per heavy atom. The molecule has 1 atom stereocenters. The molecule has 84 valence electrons. The molecule has 0 spiro atoms. The number of carbonyl (C=O) groups excluding carboxylic acids is 1. The summed E-state index contributed by atoms with van der Waals surface area (Å²) in [5, 5.41) is 5.48. The Morgan fingerprint density at radius 1 is 1.50 bits per heavy atom. The topological polar surface area (TPSA) is 53.5 Å². The SMILES string of the molecule is CN=C1NC(=O)C(c2ccc(F)c(Br)c2)N1. The third kappa shape index (κ3) is 1.92. The van der Waals surface area contributed by atoms with Gasteiger partial charge in [-0.05, 0) is 33.6 Å². The Hall–Kier alpha value is -1.43. The van der Waals surface area contributed by atoms with Crippen molar-refractivity contribution >= 4 is 27.8 Å². The highest BCUT2D eigenvalue weighted by Gasteiger charge is 2.29. The van der Waals surface area contributed by atoms with Crippen molar-refractivity contribution in [1.29, 1.82) is 0 Å². The molecule has 0 bridgehead atoms. The molecular formula is C10H9BrFN3O. The summed E-state index contributed by atoms with van der Waals surface area (Å²) >= 11 is 3.08. The smallest absolute Gasteiger partial charge is 0.253 e. The minimum Gasteiger partial charge on any atom is -0.340 e. The number of benzene rings is 1. The fourth-order valence-electron chi connectivity index (χ4n) is 1.47. The van der Waals surface area contributed by atoms with Gasteiger partial charge in [-0.2, -0.15) is 0 Å². The third-order valence-corrected chi connectivity index (χ3v) is 2.89. The second-order valence-electron chi connectivity index (χ2n) is 3.31. The van der Waals surface area contributed by atoms with Crippen molar-refractivity contribution in [2.45, 2.75) is 6.04 Å². The van der Waals surface area contributed by atoms with E-state index < -0.39 is 6.04 Å². The summed E-state index contributed by atoms with van der Waals surface area (Å²) in [6.45, 7) is 0. The summed E-state index contributed by atoms with van der Waals surface area (Å²) in [6, 6.07) is 3.94. The van der Waals surface area contributed by atoms with Crippen molar-refractivity contribution in [3.8, 4) is 0 Å². The lowest BCUT2D eigenvalue weighted by molar-refractivity contribution is -0.120. The highest BCUT2D eigenvalue weighted by Crippen LogP contribution is 2.22. The van der Waals surface area contributed by atoms with Gasteiger partial charge in [0.25, 0.3) is 5.91 Å². The Morgan fingerprint density at radius 2 is 2.25 bits per heavy atom. The van der Waals surface area contributed by atoms with E-state index in [-0.39, 0.29) is 11.7 Å². The minimum absolute atomic E-state index is 0.195. The first-order chi connectivity index (χ1) is 7.61. The number of nitrogens with one attached hydrogen (secondary N) is 2. The number of hydrogen-bond donors (Lipinski definition) is 2. The number of carbonyl (C=O) groups is 1. The lowest BCUT2D eigenvalue weighted by Crippen LogP contribution is -2.24. The van der Waals surface area contributed by atoms with Crippen LogP contribution in [0.25, 0.3) is 0 Å². The molecule has 0 radical (unpaired) electrons. The molecule has 2 N–H and O–H groups in total. The average molecular weight is 286 g/mol. The molecule has 16 heavy (non-hydrogen) atoms. The molecule has 1 fully saturated rings. The van der Waals surface area contributed by atoms with Crippen LogP contribution in [0.3, 0.4) is 0 Å². The second-order valence-corrected chi connectivity index (χ2v) is 4.17. The van der Waals surface area contributed by atoms with Gasteiger partial charge in [0.15, 0.2) is 5.96 Å². The van der Waals surface area contributed by atoms with Crippen LogP contribution in [0, 0.1) is 5.82 Å². The molecule has 1 unspecified atom stereocenters. The number of guanidine groups is 1. The van der Waals surface area contributed by atoms with E-state index in [4.69, 9.17) is 0 Å². The summed E-state index contributed by atoms with van der Waals surface area (Å²) in [6.07, 6.45) is 0. The molecule has 1 aliphatic rings. The predicted molar refractivity (Wildman–Crippen MR) is 61.5 cm³/mol. The maximum absolute atomic E-state index is 13.0. The highest BCUT2D eigenvalue weighted by molar-refractivity contribution is 9.10. The first kappa shape index (κ1) is 11.1. The maximum Gasteiger partial charge on any atom is 0.253 e. The fourth-order valence-corrected chi connectivity index (χ4v) is 1.87. The van der Waals surface area contributed by atoms with E-state index >= 15 is 0 Å². The zero-order valence-electron chi connectivity index (χ0n) is 8.42. The monoisotopic (exact) mass is 285 g/mol. The summed E-state index contributed by atoms with van der Waals surface area (Å²) in [4.78, 5) is 15.4. The van der Waals surface area contributed by atoms with Crippen LogP contribution in [0.4, 0.5) is 4.39 Å². The van der Waals surface area contributed by atoms with Crippen molar-refractivity contribution < 1.29 is 9.18 Å². The standard InChI is InChI=1S/C10H9BrFN3O/c1-13-10-14-8(9(16)15-10)5-2-3-7(12)6(11)4-5/h2-4,8H,1H3,(H2,13,14,15,16). The van der Waals surface area contributed by atoms with Crippen LogP contribution in [0.1, 0.15) is 11.6 Å². The van der Waals surface area contributed by atoms with E-state index in [1.165, 1.54) is 6.07 Å². The van der Waals surface area contributed by atoms with Gasteiger partial charge >= 0.3 is 0 Å². The van der Waals surface area contributed by atoms with Gasteiger partial charge in [0, 0.05) is 7.05 Å². The predicted octanol–water partition coefficient (Wildman–Crippen LogP) is 1.33. The van der Waals surface area contributed by atoms with Gasteiger partial charge in [-0.3, -0.25) is 15.1 Å². The highest BCUT2D eigenvalue weighted by atomic mass is 79.9. The number of rotatable bonds is 1. The summed E-state index contributed by atoms with van der Waals surface area (Å²) in [5.74, 6) is -0.124. The normalized spacial score (nSPS) is 22.1. The first-order valence-corrected chi connectivity index (χ1v) is 5.40. The van der Waals surface area contributed by atoms with Gasteiger partial charge in [0.1, 0.15) is 11.9 Å². The van der Waals surface area contributed by atoms with Gasteiger partial charge in [-0.1, -0.05) is 6.07 Å². The number of nitrogens with zero attached hydrogens (tertiary/aromatic N) is 1. The van der Waals surface area contributed by atoms with Gasteiger partial charge in [0.05, 0.1) is 4.47 Å². The van der Waals surface area contributed by atoms with Crippen molar-refractivity contribution in [2.24, 2.45) is 4.99 Å². The lowest BCUT2D eigenvalue weighted by atomic mass is 10.1. The van der Waals surface area contributed by atoms with Crippen LogP contribution in [-0.2, 0) is 4.79 Å². The molecular weight excluding hydrogens is 277 g/mol. The molecule has 6 heteroatoms. The molecule has 1 heterocycles. The molecule has 1 amide bonds. The Kier molecular flexibility index (Phi) is 2.91. The van der Waals surface area contributed by atoms with Crippen molar-refractivity contribution in [3.63, 3.8) is 0 Å². The Labute approximate surface area is 100 Å². The van der Waals surface area contributed by atoms with Gasteiger partial charge < -0.3 is 5.32 Å². The number of halogens is 2. The zero-order valence-corrected chi connectivity index (χ0v) is 10.0. The van der Waals surface area contributed by atoms with Gasteiger partial charge in [-0.15, -0.1) is 0 Å². The first-order valence-electron chi connectivity index (χ1n) is 4.61. The molecule has 0 aliphatic carbocycles. The van der Waals surface area contributed by atoms with Gasteiger partial charge in [0.2, 0.25) is 0 Å². The van der Waals surface area contributed by atoms with Crippen LogP contribution >= 0.6 is 15.9 Å². The van der Waals surface area contributed by atoms with Crippen LogP contribution in [0.2, 0.25) is 0 Å². The molecule has 2 rings (SSSR count). The van der Waals surface area contributed by atoms with Crippen molar-refractivity contribution in [2.75, 3.05) is 7.05 Å². The van der Waals surface area contributed by atoms with E-state index in [0.717, 1.165) is 0 Å². The van der Waals surface area contributed by atoms with Crippen LogP contribution in [0.5, 0.6) is 0 Å². The maximum atomic E-state index is 13.0. The van der Waals surface area contributed by atoms with Gasteiger partial charge in [-0.25, -0.2) is 4.39 Å². The average Bonchev–Trinajstić information content (AvgIpc) is 2.64. The molecule has 1 aliphatic heterocycles. The molecule has 0 aromatic heterocycles. The summed E-state index contributed by atoms with van der Waals surface area (Å²) < 4.78 is 13.4. The largest absolute Gasteiger partial charge is 0.340 e. The van der Waals surface area contributed by atoms with Crippen LogP contribution < -0.4 is 10.6 Å². The Bertz CT molecular complexity index is 475. The Balaban J connectivity index is 2.31. The van der Waals surface area contributed by atoms with E-state index in [9.17, 15) is 9.18 Å². The lowest BCUT2D eigenvalue weighted by Gasteiger charge is -2.08. The molecule has 4 nitrogen and oxygen atoms in total. The van der Waals surface area contributed by atoms with E-state index in [1.54, 1.807) is 19.2 Å².